The molecule has 0 aliphatic carbocycles. The Hall–Kier alpha value is -0.410. The molecule has 0 aromatic carbocycles. The van der Waals surface area contributed by atoms with Gasteiger partial charge in [0, 0.05) is 13.5 Å². The van der Waals surface area contributed by atoms with E-state index in [0.29, 0.717) is 0 Å². The zero-order chi connectivity index (χ0) is 8.15. The molecule has 0 aliphatic heterocycles. The standard InChI is InChI=1S/C7H14O3/c1-5(10-3)4-7(9)6(2)8/h5-6,8H,4H2,1-3H3/t5-,6-/m1/s1. The maximum Gasteiger partial charge on any atom is 0.163 e. The molecule has 60 valence electrons. The SMILES string of the molecule is CO[C@H](C)CC(=O)[C@@H](C)O. The molecular weight excluding hydrogens is 132 g/mol. The molecule has 0 unspecified atom stereocenters. The summed E-state index contributed by atoms with van der Waals surface area (Å²) in [6.07, 6.45) is -0.673. The van der Waals surface area contributed by atoms with Gasteiger partial charge in [0.1, 0.15) is 6.10 Å². The van der Waals surface area contributed by atoms with E-state index in [0.717, 1.165) is 0 Å². The zero-order valence-corrected chi connectivity index (χ0v) is 6.63. The molecule has 0 rings (SSSR count). The highest BCUT2D eigenvalue weighted by molar-refractivity contribution is 5.82. The second-order valence-corrected chi connectivity index (χ2v) is 2.39. The van der Waals surface area contributed by atoms with Crippen LogP contribution in [0.5, 0.6) is 0 Å². The number of ether oxygens (including phenoxy) is 1. The van der Waals surface area contributed by atoms with E-state index in [1.54, 1.807) is 14.0 Å². The Labute approximate surface area is 61.0 Å². The zero-order valence-electron chi connectivity index (χ0n) is 6.63. The third-order valence-electron chi connectivity index (χ3n) is 1.36. The Morgan fingerprint density at radius 1 is 1.60 bits per heavy atom. The van der Waals surface area contributed by atoms with Crippen molar-refractivity contribution in [3.63, 3.8) is 0 Å². The van der Waals surface area contributed by atoms with Gasteiger partial charge in [-0.1, -0.05) is 0 Å². The molecule has 0 fully saturated rings. The number of methoxy groups -OCH3 is 1. The van der Waals surface area contributed by atoms with Gasteiger partial charge in [-0.25, -0.2) is 0 Å². The van der Waals surface area contributed by atoms with Crippen molar-refractivity contribution in [1.29, 1.82) is 0 Å². The summed E-state index contributed by atoms with van der Waals surface area (Å²) < 4.78 is 4.84. The fourth-order valence-corrected chi connectivity index (χ4v) is 0.537. The number of carbonyl (C=O) groups excluding carboxylic acids is 1. The van der Waals surface area contributed by atoms with Crippen LogP contribution in [0.2, 0.25) is 0 Å². The van der Waals surface area contributed by atoms with Crippen LogP contribution in [0.15, 0.2) is 0 Å². The Bertz CT molecular complexity index is 109. The van der Waals surface area contributed by atoms with Crippen molar-refractivity contribution in [2.75, 3.05) is 7.11 Å². The van der Waals surface area contributed by atoms with Crippen LogP contribution in [0.4, 0.5) is 0 Å². The molecule has 10 heavy (non-hydrogen) atoms. The van der Waals surface area contributed by atoms with Crippen LogP contribution in [0, 0.1) is 0 Å². The maximum absolute atomic E-state index is 10.8. The molecule has 2 atom stereocenters. The smallest absolute Gasteiger partial charge is 0.163 e. The minimum atomic E-state index is -0.863. The van der Waals surface area contributed by atoms with Crippen LogP contribution in [0.1, 0.15) is 20.3 Å². The first-order valence-electron chi connectivity index (χ1n) is 3.31. The van der Waals surface area contributed by atoms with Crippen LogP contribution < -0.4 is 0 Å². The lowest BCUT2D eigenvalue weighted by atomic mass is 10.1. The molecule has 3 heteroatoms. The molecule has 0 saturated heterocycles. The molecule has 0 aromatic heterocycles. The largest absolute Gasteiger partial charge is 0.386 e. The van der Waals surface area contributed by atoms with E-state index < -0.39 is 6.10 Å². The first-order chi connectivity index (χ1) is 4.57. The number of ketones is 1. The molecule has 0 amide bonds. The number of Topliss-reactive ketones (excluding diaryl/α,β-unsaturated/α-hetero) is 1. The number of aliphatic hydroxyl groups is 1. The molecular formula is C7H14O3. The van der Waals surface area contributed by atoms with Crippen LogP contribution in [0.25, 0.3) is 0 Å². The molecule has 0 spiro atoms. The van der Waals surface area contributed by atoms with Gasteiger partial charge in [-0.2, -0.15) is 0 Å². The Morgan fingerprint density at radius 2 is 2.10 bits per heavy atom. The number of aliphatic hydroxyl groups excluding tert-OH is 1. The lowest BCUT2D eigenvalue weighted by Gasteiger charge is -2.08. The highest BCUT2D eigenvalue weighted by atomic mass is 16.5. The Kier molecular flexibility index (Phi) is 4.23. The van der Waals surface area contributed by atoms with Gasteiger partial charge in [-0.3, -0.25) is 4.79 Å². The van der Waals surface area contributed by atoms with Crippen LogP contribution >= 0.6 is 0 Å². The molecule has 0 saturated carbocycles. The lowest BCUT2D eigenvalue weighted by Crippen LogP contribution is -2.21. The third-order valence-corrected chi connectivity index (χ3v) is 1.36. The minimum absolute atomic E-state index is 0.0953. The first-order valence-corrected chi connectivity index (χ1v) is 3.31. The van der Waals surface area contributed by atoms with Crippen LogP contribution in [-0.2, 0) is 9.53 Å². The van der Waals surface area contributed by atoms with Crippen molar-refractivity contribution in [2.45, 2.75) is 32.5 Å². The number of hydrogen-bond acceptors (Lipinski definition) is 3. The van der Waals surface area contributed by atoms with Crippen molar-refractivity contribution in [3.8, 4) is 0 Å². The Morgan fingerprint density at radius 3 is 2.40 bits per heavy atom. The highest BCUT2D eigenvalue weighted by Gasteiger charge is 2.12. The fraction of sp³-hybridized carbons (Fsp3) is 0.857. The molecule has 0 bridgehead atoms. The van der Waals surface area contributed by atoms with Crippen molar-refractivity contribution in [2.24, 2.45) is 0 Å². The maximum atomic E-state index is 10.8. The van der Waals surface area contributed by atoms with E-state index in [1.807, 2.05) is 0 Å². The molecule has 0 aliphatic rings. The first kappa shape index (κ1) is 9.59. The van der Waals surface area contributed by atoms with Gasteiger partial charge in [0.25, 0.3) is 0 Å². The van der Waals surface area contributed by atoms with Gasteiger partial charge in [-0.15, -0.1) is 0 Å². The van der Waals surface area contributed by atoms with Gasteiger partial charge >= 0.3 is 0 Å². The summed E-state index contributed by atoms with van der Waals surface area (Å²) in [5.74, 6) is -0.172. The average molecular weight is 146 g/mol. The predicted molar refractivity (Wildman–Crippen MR) is 37.8 cm³/mol. The number of rotatable bonds is 4. The summed E-state index contributed by atoms with van der Waals surface area (Å²) in [5, 5.41) is 8.76. The highest BCUT2D eigenvalue weighted by Crippen LogP contribution is 1.98. The second kappa shape index (κ2) is 4.41. The predicted octanol–water partition coefficient (Wildman–Crippen LogP) is 0.361. The van der Waals surface area contributed by atoms with Gasteiger partial charge in [0.15, 0.2) is 5.78 Å². The van der Waals surface area contributed by atoms with E-state index >= 15 is 0 Å². The normalized spacial score (nSPS) is 16.4. The van der Waals surface area contributed by atoms with E-state index in [1.165, 1.54) is 6.92 Å². The summed E-state index contributed by atoms with van der Waals surface area (Å²) >= 11 is 0. The van der Waals surface area contributed by atoms with Gasteiger partial charge in [0.2, 0.25) is 0 Å². The number of hydrogen-bond donors (Lipinski definition) is 1. The topological polar surface area (TPSA) is 46.5 Å². The third kappa shape index (κ3) is 3.58. The molecule has 0 heterocycles. The average Bonchev–Trinajstić information content (AvgIpc) is 1.87. The summed E-state index contributed by atoms with van der Waals surface area (Å²) in [5.41, 5.74) is 0. The van der Waals surface area contributed by atoms with E-state index in [9.17, 15) is 4.79 Å². The second-order valence-electron chi connectivity index (χ2n) is 2.39. The molecule has 0 aromatic rings. The van der Waals surface area contributed by atoms with Gasteiger partial charge in [0.05, 0.1) is 6.10 Å². The van der Waals surface area contributed by atoms with Crippen molar-refractivity contribution in [3.05, 3.63) is 0 Å². The van der Waals surface area contributed by atoms with E-state index in [-0.39, 0.29) is 18.3 Å². The lowest BCUT2D eigenvalue weighted by molar-refractivity contribution is -0.128. The Balaban J connectivity index is 3.57. The summed E-state index contributed by atoms with van der Waals surface area (Å²) in [6.45, 7) is 3.25. The van der Waals surface area contributed by atoms with Crippen molar-refractivity contribution in [1.82, 2.24) is 0 Å². The number of carbonyl (C=O) groups is 1. The fourth-order valence-electron chi connectivity index (χ4n) is 0.537. The summed E-state index contributed by atoms with van der Waals surface area (Å²) in [7, 11) is 1.54. The summed E-state index contributed by atoms with van der Waals surface area (Å²) in [4.78, 5) is 10.8. The van der Waals surface area contributed by atoms with Crippen LogP contribution in [-0.4, -0.2) is 30.2 Å². The molecule has 1 N–H and O–H groups in total. The van der Waals surface area contributed by atoms with E-state index in [4.69, 9.17) is 9.84 Å². The summed E-state index contributed by atoms with van der Waals surface area (Å²) in [6, 6.07) is 0. The molecule has 3 nitrogen and oxygen atoms in total. The quantitative estimate of drug-likeness (QED) is 0.623. The van der Waals surface area contributed by atoms with Gasteiger partial charge < -0.3 is 9.84 Å². The van der Waals surface area contributed by atoms with Gasteiger partial charge in [-0.05, 0) is 13.8 Å². The van der Waals surface area contributed by atoms with Crippen LogP contribution in [0.3, 0.4) is 0 Å². The monoisotopic (exact) mass is 146 g/mol. The molecule has 0 radical (unpaired) electrons. The van der Waals surface area contributed by atoms with Crippen molar-refractivity contribution >= 4 is 5.78 Å². The minimum Gasteiger partial charge on any atom is -0.386 e. The van der Waals surface area contributed by atoms with Crippen molar-refractivity contribution < 1.29 is 14.6 Å². The van der Waals surface area contributed by atoms with E-state index in [2.05, 4.69) is 0 Å².